The molecule has 1 aliphatic heterocycles. The molecule has 0 aromatic heterocycles. The predicted octanol–water partition coefficient (Wildman–Crippen LogP) is 1.03. The van der Waals surface area contributed by atoms with Gasteiger partial charge in [0.1, 0.15) is 0 Å². The third kappa shape index (κ3) is 3.54. The smallest absolute Gasteiger partial charge is 0.241 e. The summed E-state index contributed by atoms with van der Waals surface area (Å²) in [5.74, 6) is 1.05. The zero-order valence-electron chi connectivity index (χ0n) is 11.6. The van der Waals surface area contributed by atoms with Crippen molar-refractivity contribution in [1.29, 1.82) is 0 Å². The third-order valence-corrected chi connectivity index (χ3v) is 4.60. The first-order valence-corrected chi connectivity index (χ1v) is 7.49. The van der Waals surface area contributed by atoms with E-state index in [1.807, 2.05) is 6.92 Å². The average Bonchev–Trinajstić information content (AvgIpc) is 2.81. The highest BCUT2D eigenvalue weighted by molar-refractivity contribution is 7.89. The Morgan fingerprint density at radius 1 is 1.30 bits per heavy atom. The number of rotatable bonds is 5. The second-order valence-corrected chi connectivity index (χ2v) is 6.25. The van der Waals surface area contributed by atoms with Crippen LogP contribution in [-0.2, 0) is 10.0 Å². The molecule has 0 saturated heterocycles. The first-order chi connectivity index (χ1) is 8.94. The maximum Gasteiger partial charge on any atom is 0.241 e. The van der Waals surface area contributed by atoms with Crippen LogP contribution >= 0.6 is 12.4 Å². The average molecular weight is 323 g/mol. The van der Waals surface area contributed by atoms with E-state index in [9.17, 15) is 8.42 Å². The molecular weight excluding hydrogens is 304 g/mol. The van der Waals surface area contributed by atoms with Crippen LogP contribution in [0.25, 0.3) is 0 Å². The summed E-state index contributed by atoms with van der Waals surface area (Å²) in [6.07, 6.45) is 0. The lowest BCUT2D eigenvalue weighted by Gasteiger charge is -2.13. The molecule has 8 heteroatoms. The third-order valence-electron chi connectivity index (χ3n) is 3.03. The molecule has 6 nitrogen and oxygen atoms in total. The number of hydrogen-bond acceptors (Lipinski definition) is 5. The Morgan fingerprint density at radius 3 is 2.50 bits per heavy atom. The van der Waals surface area contributed by atoms with Gasteiger partial charge in [0, 0.05) is 18.7 Å². The Bertz CT molecular complexity index is 577. The monoisotopic (exact) mass is 322 g/mol. The van der Waals surface area contributed by atoms with E-state index in [-0.39, 0.29) is 30.1 Å². The van der Waals surface area contributed by atoms with Gasteiger partial charge < -0.3 is 14.8 Å². The van der Waals surface area contributed by atoms with Gasteiger partial charge in [0.15, 0.2) is 11.5 Å². The molecule has 1 atom stereocenters. The first-order valence-electron chi connectivity index (χ1n) is 6.01. The molecule has 0 saturated carbocycles. The summed E-state index contributed by atoms with van der Waals surface area (Å²) in [4.78, 5) is 0.222. The topological polar surface area (TPSA) is 76.7 Å². The Morgan fingerprint density at radius 2 is 1.90 bits per heavy atom. The largest absolute Gasteiger partial charge is 0.454 e. The van der Waals surface area contributed by atoms with E-state index in [1.165, 1.54) is 6.07 Å². The van der Waals surface area contributed by atoms with Crippen LogP contribution in [0.1, 0.15) is 12.5 Å². The fourth-order valence-electron chi connectivity index (χ4n) is 1.73. The number of aryl methyl sites for hydroxylation is 1. The number of ether oxygens (including phenoxy) is 2. The van der Waals surface area contributed by atoms with Gasteiger partial charge in [-0.2, -0.15) is 0 Å². The van der Waals surface area contributed by atoms with Gasteiger partial charge in [-0.25, -0.2) is 13.1 Å². The molecule has 1 aromatic carbocycles. The second-order valence-electron chi connectivity index (χ2n) is 4.51. The molecular formula is C12H19ClN2O4S. The zero-order chi connectivity index (χ0) is 14.0. The van der Waals surface area contributed by atoms with Crippen LogP contribution in [0.2, 0.25) is 0 Å². The van der Waals surface area contributed by atoms with Gasteiger partial charge in [-0.05, 0) is 32.5 Å². The minimum atomic E-state index is -3.54. The molecule has 1 aromatic rings. The maximum absolute atomic E-state index is 12.2. The normalized spacial score (nSPS) is 14.8. The number of likely N-dealkylation sites (N-methyl/N-ethyl adjacent to an activating group) is 1. The lowest BCUT2D eigenvalue weighted by atomic mass is 10.2. The van der Waals surface area contributed by atoms with E-state index in [2.05, 4.69) is 10.0 Å². The molecule has 2 N–H and O–H groups in total. The van der Waals surface area contributed by atoms with E-state index in [0.29, 0.717) is 23.6 Å². The van der Waals surface area contributed by atoms with Crippen LogP contribution in [0.4, 0.5) is 0 Å². The molecule has 1 unspecified atom stereocenters. The van der Waals surface area contributed by atoms with Crippen molar-refractivity contribution >= 4 is 22.4 Å². The number of fused-ring (bicyclic) bond motifs is 1. The number of hydrogen-bond donors (Lipinski definition) is 2. The van der Waals surface area contributed by atoms with Gasteiger partial charge >= 0.3 is 0 Å². The van der Waals surface area contributed by atoms with Crippen molar-refractivity contribution in [2.45, 2.75) is 24.8 Å². The molecule has 0 bridgehead atoms. The summed E-state index contributed by atoms with van der Waals surface area (Å²) in [6, 6.07) is 3.24. The minimum absolute atomic E-state index is 0. The van der Waals surface area contributed by atoms with Gasteiger partial charge in [-0.3, -0.25) is 0 Å². The van der Waals surface area contributed by atoms with Crippen molar-refractivity contribution in [1.82, 2.24) is 10.0 Å². The first kappa shape index (κ1) is 17.0. The number of nitrogens with one attached hydrogen (secondary N) is 2. The van der Waals surface area contributed by atoms with Crippen LogP contribution in [0.15, 0.2) is 17.0 Å². The summed E-state index contributed by atoms with van der Waals surface area (Å²) in [5, 5.41) is 2.97. The summed E-state index contributed by atoms with van der Waals surface area (Å²) in [6.45, 7) is 4.09. The van der Waals surface area contributed by atoms with E-state index in [0.717, 1.165) is 0 Å². The molecule has 20 heavy (non-hydrogen) atoms. The van der Waals surface area contributed by atoms with Crippen molar-refractivity contribution in [2.75, 3.05) is 20.4 Å². The van der Waals surface area contributed by atoms with Crippen LogP contribution in [0.5, 0.6) is 11.5 Å². The molecule has 2 rings (SSSR count). The molecule has 0 fully saturated rings. The maximum atomic E-state index is 12.2. The Hall–Kier alpha value is -1.02. The Labute approximate surface area is 125 Å². The molecule has 0 radical (unpaired) electrons. The van der Waals surface area contributed by atoms with Crippen molar-refractivity contribution in [2.24, 2.45) is 0 Å². The van der Waals surface area contributed by atoms with Gasteiger partial charge in [-0.1, -0.05) is 0 Å². The zero-order valence-corrected chi connectivity index (χ0v) is 13.2. The van der Waals surface area contributed by atoms with Crippen molar-refractivity contribution in [3.8, 4) is 11.5 Å². The molecule has 1 aliphatic rings. The van der Waals surface area contributed by atoms with Crippen molar-refractivity contribution in [3.63, 3.8) is 0 Å². The van der Waals surface area contributed by atoms with Crippen LogP contribution in [0, 0.1) is 6.92 Å². The lowest BCUT2D eigenvalue weighted by Crippen LogP contribution is -2.37. The summed E-state index contributed by atoms with van der Waals surface area (Å²) in [5.41, 5.74) is 0.633. The van der Waals surface area contributed by atoms with Gasteiger partial charge in [-0.15, -0.1) is 12.4 Å². The SMILES string of the molecule is CNC(C)CNS(=O)(=O)c1cc2c(cc1C)OCO2.Cl. The van der Waals surface area contributed by atoms with Crippen molar-refractivity contribution in [3.05, 3.63) is 17.7 Å². The predicted molar refractivity (Wildman–Crippen MR) is 78.3 cm³/mol. The van der Waals surface area contributed by atoms with Gasteiger partial charge in [0.25, 0.3) is 0 Å². The second kappa shape index (κ2) is 6.62. The van der Waals surface area contributed by atoms with Crippen molar-refractivity contribution < 1.29 is 17.9 Å². The Balaban J connectivity index is 0.00000200. The summed E-state index contributed by atoms with van der Waals surface area (Å²) < 4.78 is 37.5. The standard InChI is InChI=1S/C12H18N2O4S.ClH/c1-8-4-10-11(18-7-17-10)5-12(8)19(15,16)14-6-9(2)13-3;/h4-5,9,13-14H,6-7H2,1-3H3;1H. The summed E-state index contributed by atoms with van der Waals surface area (Å²) >= 11 is 0. The number of benzene rings is 1. The van der Waals surface area contributed by atoms with Crippen LogP contribution < -0.4 is 19.5 Å². The van der Waals surface area contributed by atoms with Gasteiger partial charge in [0.05, 0.1) is 4.90 Å². The molecule has 1 heterocycles. The van der Waals surface area contributed by atoms with Crippen LogP contribution in [-0.4, -0.2) is 34.8 Å². The van der Waals surface area contributed by atoms with E-state index in [4.69, 9.17) is 9.47 Å². The highest BCUT2D eigenvalue weighted by Gasteiger charge is 2.23. The fraction of sp³-hybridized carbons (Fsp3) is 0.500. The van der Waals surface area contributed by atoms with Crippen LogP contribution in [0.3, 0.4) is 0 Å². The molecule has 0 spiro atoms. The van der Waals surface area contributed by atoms with Gasteiger partial charge in [0.2, 0.25) is 16.8 Å². The fourth-order valence-corrected chi connectivity index (χ4v) is 3.10. The quantitative estimate of drug-likeness (QED) is 0.847. The summed E-state index contributed by atoms with van der Waals surface area (Å²) in [7, 11) is -1.76. The van der Waals surface area contributed by atoms with E-state index >= 15 is 0 Å². The lowest BCUT2D eigenvalue weighted by molar-refractivity contribution is 0.174. The minimum Gasteiger partial charge on any atom is -0.454 e. The highest BCUT2D eigenvalue weighted by Crippen LogP contribution is 2.36. The molecule has 114 valence electrons. The van der Waals surface area contributed by atoms with E-state index in [1.54, 1.807) is 20.0 Å². The highest BCUT2D eigenvalue weighted by atomic mass is 35.5. The number of halogens is 1. The molecule has 0 amide bonds. The number of sulfonamides is 1. The molecule has 0 aliphatic carbocycles. The Kier molecular flexibility index (Phi) is 5.64. The van der Waals surface area contributed by atoms with E-state index < -0.39 is 10.0 Å².